The van der Waals surface area contributed by atoms with Crippen molar-refractivity contribution < 1.29 is 31.8 Å². The normalized spacial score (nSPS) is 11.0. The van der Waals surface area contributed by atoms with Crippen molar-refractivity contribution in [2.24, 2.45) is 0 Å². The lowest BCUT2D eigenvalue weighted by Gasteiger charge is -2.26. The minimum Gasteiger partial charge on any atom is -0.497 e. The number of methoxy groups -OCH3 is 2. The number of carbonyl (C=O) groups excluding carboxylic acids is 1. The van der Waals surface area contributed by atoms with Crippen LogP contribution in [-0.2, 0) is 14.8 Å². The van der Waals surface area contributed by atoms with Gasteiger partial charge in [-0.3, -0.25) is 9.10 Å². The van der Waals surface area contributed by atoms with Crippen molar-refractivity contribution in [3.8, 4) is 17.2 Å². The second-order valence-corrected chi connectivity index (χ2v) is 9.38. The maximum Gasteiger partial charge on any atom is 0.264 e. The Morgan fingerprint density at radius 3 is 2.23 bits per heavy atom. The smallest absolute Gasteiger partial charge is 0.264 e. The molecule has 3 aromatic carbocycles. The highest BCUT2D eigenvalue weighted by molar-refractivity contribution is 7.92. The van der Waals surface area contributed by atoms with Gasteiger partial charge in [0.25, 0.3) is 10.0 Å². The predicted molar refractivity (Wildman–Crippen MR) is 130 cm³/mol. The number of nitrogens with one attached hydrogen (secondary N) is 1. The Hall–Kier alpha value is -3.79. The molecule has 0 unspecified atom stereocenters. The van der Waals surface area contributed by atoms with Gasteiger partial charge in [-0.1, -0.05) is 17.7 Å². The Morgan fingerprint density at radius 2 is 1.60 bits per heavy atom. The summed E-state index contributed by atoms with van der Waals surface area (Å²) in [6.45, 7) is 1.57. The summed E-state index contributed by atoms with van der Waals surface area (Å²) in [6, 6.07) is 16.5. The van der Waals surface area contributed by atoms with Crippen molar-refractivity contribution >= 4 is 21.6 Å². The summed E-state index contributed by atoms with van der Waals surface area (Å²) >= 11 is 0. The third-order valence-electron chi connectivity index (χ3n) is 5.06. The lowest BCUT2D eigenvalue weighted by Crippen LogP contribution is -2.42. The zero-order valence-electron chi connectivity index (χ0n) is 19.7. The standard InChI is InChI=1S/C25H27FN2O6S/c1-18-4-11-22(12-5-18)35(30,31)28(23-16-21(32-2)10-13-24(23)33-3)17-25(29)27-14-15-34-20-8-6-19(26)7-9-20/h4-13,16H,14-15,17H2,1-3H3,(H,27,29). The molecule has 0 heterocycles. The van der Waals surface area contributed by atoms with E-state index in [2.05, 4.69) is 5.32 Å². The molecule has 0 bridgehead atoms. The first-order chi connectivity index (χ1) is 16.7. The largest absolute Gasteiger partial charge is 0.497 e. The molecule has 1 amide bonds. The van der Waals surface area contributed by atoms with Gasteiger partial charge >= 0.3 is 0 Å². The molecule has 1 N–H and O–H groups in total. The Morgan fingerprint density at radius 1 is 0.943 bits per heavy atom. The van der Waals surface area contributed by atoms with E-state index in [0.717, 1.165) is 9.87 Å². The van der Waals surface area contributed by atoms with Crippen LogP contribution in [0.4, 0.5) is 10.1 Å². The van der Waals surface area contributed by atoms with Gasteiger partial charge in [-0.05, 0) is 55.5 Å². The Kier molecular flexibility index (Phi) is 8.53. The Labute approximate surface area is 204 Å². The molecule has 10 heteroatoms. The molecule has 186 valence electrons. The average molecular weight is 503 g/mol. The number of hydrogen-bond acceptors (Lipinski definition) is 6. The zero-order valence-corrected chi connectivity index (χ0v) is 20.5. The average Bonchev–Trinajstić information content (AvgIpc) is 2.86. The number of anilines is 1. The molecule has 0 aliphatic carbocycles. The van der Waals surface area contributed by atoms with Crippen molar-refractivity contribution in [1.29, 1.82) is 0 Å². The number of amides is 1. The summed E-state index contributed by atoms with van der Waals surface area (Å²) in [5.74, 6) is 0.180. The van der Waals surface area contributed by atoms with Crippen molar-refractivity contribution in [3.63, 3.8) is 0 Å². The number of ether oxygens (including phenoxy) is 3. The van der Waals surface area contributed by atoms with Gasteiger partial charge in [-0.25, -0.2) is 12.8 Å². The first-order valence-corrected chi connectivity index (χ1v) is 12.1. The van der Waals surface area contributed by atoms with E-state index in [1.165, 1.54) is 56.7 Å². The van der Waals surface area contributed by atoms with E-state index in [4.69, 9.17) is 14.2 Å². The van der Waals surface area contributed by atoms with Gasteiger partial charge in [0.15, 0.2) is 0 Å². The van der Waals surface area contributed by atoms with Crippen LogP contribution < -0.4 is 23.8 Å². The Balaban J connectivity index is 1.81. The van der Waals surface area contributed by atoms with Gasteiger partial charge < -0.3 is 19.5 Å². The molecular formula is C25H27FN2O6S. The van der Waals surface area contributed by atoms with E-state index in [1.807, 2.05) is 6.92 Å². The van der Waals surface area contributed by atoms with Gasteiger partial charge in [-0.15, -0.1) is 0 Å². The van der Waals surface area contributed by atoms with E-state index < -0.39 is 22.5 Å². The fraction of sp³-hybridized carbons (Fsp3) is 0.240. The SMILES string of the molecule is COc1ccc(OC)c(N(CC(=O)NCCOc2ccc(F)cc2)S(=O)(=O)c2ccc(C)cc2)c1. The lowest BCUT2D eigenvalue weighted by atomic mass is 10.2. The van der Waals surface area contributed by atoms with Crippen molar-refractivity contribution in [2.45, 2.75) is 11.8 Å². The number of halogens is 1. The van der Waals surface area contributed by atoms with Gasteiger partial charge in [0.1, 0.15) is 36.2 Å². The molecule has 0 saturated heterocycles. The number of aryl methyl sites for hydroxylation is 1. The molecule has 8 nitrogen and oxygen atoms in total. The number of nitrogens with zero attached hydrogens (tertiary/aromatic N) is 1. The van der Waals surface area contributed by atoms with Crippen LogP contribution in [0.15, 0.2) is 71.6 Å². The highest BCUT2D eigenvalue weighted by atomic mass is 32.2. The highest BCUT2D eigenvalue weighted by Crippen LogP contribution is 2.35. The number of hydrogen-bond donors (Lipinski definition) is 1. The van der Waals surface area contributed by atoms with Gasteiger partial charge in [0, 0.05) is 6.07 Å². The van der Waals surface area contributed by atoms with Crippen molar-refractivity contribution in [2.75, 3.05) is 38.2 Å². The predicted octanol–water partition coefficient (Wildman–Crippen LogP) is 3.54. The number of benzene rings is 3. The van der Waals surface area contributed by atoms with Gasteiger partial charge in [-0.2, -0.15) is 0 Å². The summed E-state index contributed by atoms with van der Waals surface area (Å²) < 4.78 is 57.2. The van der Waals surface area contributed by atoms with Crippen molar-refractivity contribution in [1.82, 2.24) is 5.32 Å². The molecule has 0 atom stereocenters. The number of carbonyl (C=O) groups is 1. The Bertz CT molecular complexity index is 1250. The topological polar surface area (TPSA) is 94.2 Å². The van der Waals surface area contributed by atoms with E-state index in [-0.39, 0.29) is 35.3 Å². The van der Waals surface area contributed by atoms with E-state index >= 15 is 0 Å². The molecule has 35 heavy (non-hydrogen) atoms. The summed E-state index contributed by atoms with van der Waals surface area (Å²) in [5, 5.41) is 2.65. The fourth-order valence-electron chi connectivity index (χ4n) is 3.21. The minimum atomic E-state index is -4.13. The summed E-state index contributed by atoms with van der Waals surface area (Å²) in [7, 11) is -1.26. The van der Waals surface area contributed by atoms with Crippen LogP contribution in [0.1, 0.15) is 5.56 Å². The molecule has 0 radical (unpaired) electrons. The monoisotopic (exact) mass is 502 g/mol. The molecule has 0 aliphatic heterocycles. The lowest BCUT2D eigenvalue weighted by molar-refractivity contribution is -0.119. The van der Waals surface area contributed by atoms with Crippen LogP contribution in [0, 0.1) is 12.7 Å². The third kappa shape index (κ3) is 6.63. The maximum absolute atomic E-state index is 13.6. The molecule has 0 fully saturated rings. The number of rotatable bonds is 11. The zero-order chi connectivity index (χ0) is 25.4. The molecule has 0 saturated carbocycles. The molecular weight excluding hydrogens is 475 g/mol. The summed E-state index contributed by atoms with van der Waals surface area (Å²) in [5.41, 5.74) is 1.05. The summed E-state index contributed by atoms with van der Waals surface area (Å²) in [4.78, 5) is 12.8. The first-order valence-electron chi connectivity index (χ1n) is 10.7. The van der Waals surface area contributed by atoms with Crippen LogP contribution in [0.3, 0.4) is 0 Å². The van der Waals surface area contributed by atoms with Crippen LogP contribution in [-0.4, -0.2) is 48.2 Å². The number of sulfonamides is 1. The van der Waals surface area contributed by atoms with E-state index in [0.29, 0.717) is 11.5 Å². The van der Waals surface area contributed by atoms with Crippen LogP contribution in [0.25, 0.3) is 0 Å². The second-order valence-electron chi connectivity index (χ2n) is 7.51. The highest BCUT2D eigenvalue weighted by Gasteiger charge is 2.30. The second kappa shape index (κ2) is 11.6. The third-order valence-corrected chi connectivity index (χ3v) is 6.83. The molecule has 0 aromatic heterocycles. The molecule has 0 aliphatic rings. The van der Waals surface area contributed by atoms with E-state index in [9.17, 15) is 17.6 Å². The fourth-order valence-corrected chi connectivity index (χ4v) is 4.63. The van der Waals surface area contributed by atoms with Crippen LogP contribution in [0.5, 0.6) is 17.2 Å². The quantitative estimate of drug-likeness (QED) is 0.403. The van der Waals surface area contributed by atoms with Crippen LogP contribution in [0.2, 0.25) is 0 Å². The molecule has 3 aromatic rings. The van der Waals surface area contributed by atoms with Crippen molar-refractivity contribution in [3.05, 3.63) is 78.1 Å². The van der Waals surface area contributed by atoms with Gasteiger partial charge in [0.05, 0.1) is 31.3 Å². The molecule has 3 rings (SSSR count). The van der Waals surface area contributed by atoms with Gasteiger partial charge in [0.2, 0.25) is 5.91 Å². The first kappa shape index (κ1) is 25.8. The summed E-state index contributed by atoms with van der Waals surface area (Å²) in [6.07, 6.45) is 0. The maximum atomic E-state index is 13.6. The minimum absolute atomic E-state index is 0.0282. The van der Waals surface area contributed by atoms with Crippen LogP contribution >= 0.6 is 0 Å². The molecule has 0 spiro atoms. The van der Waals surface area contributed by atoms with E-state index in [1.54, 1.807) is 24.3 Å².